The molecule has 5 heteroatoms. The molecule has 2 aromatic heterocycles. The van der Waals surface area contributed by atoms with Crippen LogP contribution in [-0.4, -0.2) is 19.0 Å². The summed E-state index contributed by atoms with van der Waals surface area (Å²) in [6.45, 7) is 0. The van der Waals surface area contributed by atoms with Crippen molar-refractivity contribution in [3.63, 3.8) is 0 Å². The van der Waals surface area contributed by atoms with E-state index in [2.05, 4.69) is 4.74 Å². The topological polar surface area (TPSA) is 65.7 Å². The predicted octanol–water partition coefficient (Wildman–Crippen LogP) is 1.19. The normalized spacial score (nSPS) is 13.6. The summed E-state index contributed by atoms with van der Waals surface area (Å²) < 4.78 is 14.6. The molecule has 3 rings (SSSR count). The van der Waals surface area contributed by atoms with Crippen molar-refractivity contribution < 1.29 is 23.5 Å². The molecule has 2 aromatic rings. The Balaban J connectivity index is 2.35. The van der Waals surface area contributed by atoms with Gasteiger partial charge >= 0.3 is 11.9 Å². The molecule has 5 nitrogen and oxygen atoms in total. The van der Waals surface area contributed by atoms with Crippen molar-refractivity contribution in [3.8, 4) is 5.75 Å². The average Bonchev–Trinajstić information content (AvgIpc) is 2.75. The molecular weight excluding hydrogens is 188 g/mol. The highest BCUT2D eigenvalue weighted by Gasteiger charge is 2.38. The van der Waals surface area contributed by atoms with Crippen molar-refractivity contribution in [2.75, 3.05) is 7.11 Å². The van der Waals surface area contributed by atoms with Crippen molar-refractivity contribution in [1.29, 1.82) is 0 Å². The number of benzene rings is 1. The number of hydrogen-bond donors (Lipinski definition) is 0. The molecular formula is C9H4O5. The Morgan fingerprint density at radius 2 is 2.29 bits per heavy atom. The summed E-state index contributed by atoms with van der Waals surface area (Å²) >= 11 is 0. The molecule has 0 atom stereocenters. The molecule has 0 aliphatic carbocycles. The van der Waals surface area contributed by atoms with E-state index in [0.717, 1.165) is 0 Å². The van der Waals surface area contributed by atoms with Gasteiger partial charge in [0.2, 0.25) is 0 Å². The van der Waals surface area contributed by atoms with Gasteiger partial charge in [-0.25, -0.2) is 9.59 Å². The van der Waals surface area contributed by atoms with Crippen molar-refractivity contribution >= 4 is 23.1 Å². The van der Waals surface area contributed by atoms with Crippen molar-refractivity contribution in [2.45, 2.75) is 0 Å². The highest BCUT2D eigenvalue weighted by atomic mass is 16.6. The second-order valence-corrected chi connectivity index (χ2v) is 2.94. The van der Waals surface area contributed by atoms with Gasteiger partial charge in [-0.3, -0.25) is 0 Å². The third-order valence-electron chi connectivity index (χ3n) is 2.22. The number of furan rings is 2. The van der Waals surface area contributed by atoms with Gasteiger partial charge in [-0.1, -0.05) is 0 Å². The first-order valence-electron chi connectivity index (χ1n) is 3.91. The van der Waals surface area contributed by atoms with Crippen LogP contribution < -0.4 is 4.74 Å². The average molecular weight is 192 g/mol. The van der Waals surface area contributed by atoms with E-state index in [1.165, 1.54) is 13.2 Å². The number of methoxy groups -OCH3 is 1. The van der Waals surface area contributed by atoms with E-state index in [1.807, 2.05) is 0 Å². The minimum atomic E-state index is -0.584. The first kappa shape index (κ1) is 7.37. The van der Waals surface area contributed by atoms with E-state index in [-0.39, 0.29) is 11.1 Å². The zero-order valence-corrected chi connectivity index (χ0v) is 7.12. The molecule has 3 heterocycles. The number of carbonyl (C=O) groups excluding carboxylic acids is 2. The Labute approximate surface area is 77.5 Å². The fourth-order valence-corrected chi connectivity index (χ4v) is 1.63. The summed E-state index contributed by atoms with van der Waals surface area (Å²) in [5.74, 6) is -0.758. The van der Waals surface area contributed by atoms with E-state index in [1.54, 1.807) is 0 Å². The number of ether oxygens (including phenoxy) is 2. The Bertz CT molecular complexity index is 550. The smallest absolute Gasteiger partial charge is 0.348 e. The van der Waals surface area contributed by atoms with Crippen molar-refractivity contribution in [1.82, 2.24) is 0 Å². The summed E-state index contributed by atoms with van der Waals surface area (Å²) in [5.41, 5.74) is 1.02. The summed E-state index contributed by atoms with van der Waals surface area (Å²) in [7, 11) is 1.25. The van der Waals surface area contributed by atoms with E-state index in [4.69, 9.17) is 9.15 Å². The minimum absolute atomic E-state index is 0.161. The lowest BCUT2D eigenvalue weighted by Gasteiger charge is -1.95. The molecule has 1 aliphatic heterocycles. The second kappa shape index (κ2) is 2.06. The third-order valence-corrected chi connectivity index (χ3v) is 2.22. The van der Waals surface area contributed by atoms with Crippen LogP contribution in [0, 0.1) is 0 Å². The lowest BCUT2D eigenvalue weighted by atomic mass is 10.1. The minimum Gasteiger partial charge on any atom is -0.465 e. The van der Waals surface area contributed by atoms with E-state index in [9.17, 15) is 9.59 Å². The van der Waals surface area contributed by atoms with Gasteiger partial charge in [0.25, 0.3) is 0 Å². The maximum atomic E-state index is 11.3. The summed E-state index contributed by atoms with van der Waals surface area (Å²) in [4.78, 5) is 22.6. The molecule has 0 N–H and O–H groups in total. The van der Waals surface area contributed by atoms with Crippen LogP contribution in [0.3, 0.4) is 0 Å². The molecule has 2 bridgehead atoms. The zero-order valence-electron chi connectivity index (χ0n) is 7.12. The Hall–Kier alpha value is -2.04. The standard InChI is InChI=1S/C9H4O5/c1-12-8(10)5-3-2-4-7(13-3)6(5)9(11)14-4/h2H,1H3. The Kier molecular flexibility index (Phi) is 1.09. The maximum Gasteiger partial charge on any atom is 0.348 e. The maximum absolute atomic E-state index is 11.3. The van der Waals surface area contributed by atoms with Gasteiger partial charge in [-0.05, 0) is 0 Å². The quantitative estimate of drug-likeness (QED) is 0.635. The zero-order chi connectivity index (χ0) is 9.87. The van der Waals surface area contributed by atoms with Crippen LogP contribution in [0.2, 0.25) is 0 Å². The van der Waals surface area contributed by atoms with Gasteiger partial charge < -0.3 is 13.9 Å². The molecule has 0 amide bonds. The molecule has 1 aliphatic rings. The summed E-state index contributed by atoms with van der Waals surface area (Å²) in [6, 6.07) is 1.51. The lowest BCUT2D eigenvalue weighted by Crippen LogP contribution is -2.08. The van der Waals surface area contributed by atoms with Gasteiger partial charge in [-0.2, -0.15) is 0 Å². The number of rotatable bonds is 1. The first-order chi connectivity index (χ1) is 6.72. The molecule has 14 heavy (non-hydrogen) atoms. The fraction of sp³-hybridized carbons (Fsp3) is 0.111. The van der Waals surface area contributed by atoms with Gasteiger partial charge in [0.1, 0.15) is 16.7 Å². The number of fused-ring (bicyclic) bond motifs is 1. The highest BCUT2D eigenvalue weighted by Crippen LogP contribution is 2.42. The van der Waals surface area contributed by atoms with Crippen LogP contribution in [-0.2, 0) is 4.74 Å². The highest BCUT2D eigenvalue weighted by molar-refractivity contribution is 6.18. The van der Waals surface area contributed by atoms with Gasteiger partial charge in [-0.15, -0.1) is 0 Å². The fourth-order valence-electron chi connectivity index (χ4n) is 1.63. The van der Waals surface area contributed by atoms with Gasteiger partial charge in [0, 0.05) is 6.07 Å². The monoisotopic (exact) mass is 192 g/mol. The second-order valence-electron chi connectivity index (χ2n) is 2.94. The molecule has 0 fully saturated rings. The van der Waals surface area contributed by atoms with Crippen molar-refractivity contribution in [3.05, 3.63) is 17.2 Å². The molecule has 0 radical (unpaired) electrons. The molecule has 0 saturated carbocycles. The van der Waals surface area contributed by atoms with Crippen LogP contribution in [0.4, 0.5) is 0 Å². The van der Waals surface area contributed by atoms with Crippen LogP contribution in [0.5, 0.6) is 5.75 Å². The van der Waals surface area contributed by atoms with Crippen LogP contribution in [0.1, 0.15) is 20.7 Å². The molecule has 0 spiro atoms. The number of esters is 2. The van der Waals surface area contributed by atoms with Crippen LogP contribution in [0.25, 0.3) is 11.2 Å². The van der Waals surface area contributed by atoms with E-state index in [0.29, 0.717) is 16.9 Å². The Morgan fingerprint density at radius 3 is 3.00 bits per heavy atom. The van der Waals surface area contributed by atoms with Crippen LogP contribution >= 0.6 is 0 Å². The summed E-state index contributed by atoms with van der Waals surface area (Å²) in [5, 5.41) is 0. The van der Waals surface area contributed by atoms with Gasteiger partial charge in [0.15, 0.2) is 11.3 Å². The number of carbonyl (C=O) groups is 2. The van der Waals surface area contributed by atoms with E-state index >= 15 is 0 Å². The lowest BCUT2D eigenvalue weighted by molar-refractivity contribution is 0.0593. The predicted molar refractivity (Wildman–Crippen MR) is 43.7 cm³/mol. The molecule has 0 unspecified atom stereocenters. The molecule has 0 aromatic carbocycles. The van der Waals surface area contributed by atoms with Crippen LogP contribution in [0.15, 0.2) is 10.5 Å². The summed E-state index contributed by atoms with van der Waals surface area (Å²) in [6.07, 6.45) is 0. The Morgan fingerprint density at radius 1 is 1.50 bits per heavy atom. The van der Waals surface area contributed by atoms with Gasteiger partial charge in [0.05, 0.1) is 7.11 Å². The van der Waals surface area contributed by atoms with E-state index < -0.39 is 11.9 Å². The molecule has 70 valence electrons. The first-order valence-corrected chi connectivity index (χ1v) is 3.91. The number of hydrogen-bond acceptors (Lipinski definition) is 5. The largest absolute Gasteiger partial charge is 0.465 e. The van der Waals surface area contributed by atoms with Crippen molar-refractivity contribution in [2.24, 2.45) is 0 Å². The molecule has 0 saturated heterocycles. The SMILES string of the molecule is COC(=O)c1c2c3oc1cc3OC2=O. The third kappa shape index (κ3) is 0.618.